The smallest absolute Gasteiger partial charge is 0.254 e. The SMILES string of the molecule is COCCOc1cccc(C(=O)N2CCN(C(c3ccccc3)c3ccccc3)CC2)c1. The molecule has 5 heteroatoms. The summed E-state index contributed by atoms with van der Waals surface area (Å²) in [7, 11) is 1.64. The topological polar surface area (TPSA) is 42.0 Å². The van der Waals surface area contributed by atoms with E-state index in [0.29, 0.717) is 37.6 Å². The van der Waals surface area contributed by atoms with Gasteiger partial charge in [0.1, 0.15) is 12.4 Å². The first-order valence-corrected chi connectivity index (χ1v) is 11.1. The van der Waals surface area contributed by atoms with Crippen molar-refractivity contribution in [2.75, 3.05) is 46.5 Å². The highest BCUT2D eigenvalue weighted by Crippen LogP contribution is 2.29. The summed E-state index contributed by atoms with van der Waals surface area (Å²) >= 11 is 0. The zero-order chi connectivity index (χ0) is 22.2. The van der Waals surface area contributed by atoms with Crippen LogP contribution in [-0.4, -0.2) is 62.2 Å². The Morgan fingerprint density at radius 1 is 0.812 bits per heavy atom. The fraction of sp³-hybridized carbons (Fsp3) is 0.296. The molecule has 0 bridgehead atoms. The van der Waals surface area contributed by atoms with Gasteiger partial charge in [-0.25, -0.2) is 0 Å². The number of hydrogen-bond acceptors (Lipinski definition) is 4. The summed E-state index contributed by atoms with van der Waals surface area (Å²) in [4.78, 5) is 17.5. The Labute approximate surface area is 190 Å². The lowest BCUT2D eigenvalue weighted by molar-refractivity contribution is 0.0597. The molecule has 0 N–H and O–H groups in total. The summed E-state index contributed by atoms with van der Waals surface area (Å²) < 4.78 is 10.7. The first kappa shape index (κ1) is 22.1. The van der Waals surface area contributed by atoms with Crippen molar-refractivity contribution in [1.29, 1.82) is 0 Å². The molecule has 32 heavy (non-hydrogen) atoms. The van der Waals surface area contributed by atoms with Crippen LogP contribution in [0.2, 0.25) is 0 Å². The number of nitrogens with zero attached hydrogens (tertiary/aromatic N) is 2. The van der Waals surface area contributed by atoms with Crippen molar-refractivity contribution in [2.24, 2.45) is 0 Å². The van der Waals surface area contributed by atoms with Gasteiger partial charge in [0.2, 0.25) is 0 Å². The standard InChI is InChI=1S/C27H30N2O3/c1-31-19-20-32-25-14-8-13-24(21-25)27(30)29-17-15-28(16-18-29)26(22-9-4-2-5-10-22)23-11-6-3-7-12-23/h2-14,21,26H,15-20H2,1H3. The maximum Gasteiger partial charge on any atom is 0.254 e. The Kier molecular flexibility index (Phi) is 7.54. The Morgan fingerprint density at radius 3 is 2.03 bits per heavy atom. The second kappa shape index (κ2) is 10.9. The molecule has 0 spiro atoms. The molecule has 3 aromatic rings. The Bertz CT molecular complexity index is 947. The highest BCUT2D eigenvalue weighted by Gasteiger charge is 2.28. The van der Waals surface area contributed by atoms with Crippen molar-refractivity contribution in [3.05, 3.63) is 102 Å². The van der Waals surface area contributed by atoms with Crippen LogP contribution < -0.4 is 4.74 Å². The third-order valence-corrected chi connectivity index (χ3v) is 5.83. The monoisotopic (exact) mass is 430 g/mol. The molecule has 1 heterocycles. The minimum atomic E-state index is 0.0535. The summed E-state index contributed by atoms with van der Waals surface area (Å²) in [5, 5.41) is 0. The van der Waals surface area contributed by atoms with Gasteiger partial charge in [0.15, 0.2) is 0 Å². The number of benzene rings is 3. The highest BCUT2D eigenvalue weighted by molar-refractivity contribution is 5.94. The van der Waals surface area contributed by atoms with Gasteiger partial charge in [-0.2, -0.15) is 0 Å². The number of carbonyl (C=O) groups excluding carboxylic acids is 1. The zero-order valence-electron chi connectivity index (χ0n) is 18.5. The third-order valence-electron chi connectivity index (χ3n) is 5.83. The van der Waals surface area contributed by atoms with Crippen LogP contribution in [-0.2, 0) is 4.74 Å². The van der Waals surface area contributed by atoms with Crippen molar-refractivity contribution in [3.8, 4) is 5.75 Å². The van der Waals surface area contributed by atoms with Gasteiger partial charge in [-0.15, -0.1) is 0 Å². The Hall–Kier alpha value is -3.15. The van der Waals surface area contributed by atoms with Crippen LogP contribution in [0.15, 0.2) is 84.9 Å². The van der Waals surface area contributed by atoms with E-state index in [1.807, 2.05) is 29.2 Å². The van der Waals surface area contributed by atoms with E-state index in [9.17, 15) is 4.79 Å². The molecule has 0 aliphatic carbocycles. The van der Waals surface area contributed by atoms with Gasteiger partial charge >= 0.3 is 0 Å². The van der Waals surface area contributed by atoms with E-state index in [2.05, 4.69) is 65.6 Å². The van der Waals surface area contributed by atoms with E-state index in [-0.39, 0.29) is 11.9 Å². The molecule has 1 amide bonds. The number of rotatable bonds is 8. The first-order chi connectivity index (χ1) is 15.8. The van der Waals surface area contributed by atoms with E-state index in [4.69, 9.17) is 9.47 Å². The minimum Gasteiger partial charge on any atom is -0.491 e. The molecule has 1 saturated heterocycles. The Balaban J connectivity index is 1.44. The summed E-state index contributed by atoms with van der Waals surface area (Å²) in [6, 6.07) is 28.8. The summed E-state index contributed by atoms with van der Waals surface area (Å²) in [6.45, 7) is 4.03. The largest absolute Gasteiger partial charge is 0.491 e. The molecule has 0 atom stereocenters. The molecule has 0 aromatic heterocycles. The van der Waals surface area contributed by atoms with E-state index < -0.39 is 0 Å². The zero-order valence-corrected chi connectivity index (χ0v) is 18.5. The second-order valence-electron chi connectivity index (χ2n) is 7.92. The van der Waals surface area contributed by atoms with Crippen LogP contribution in [0.5, 0.6) is 5.75 Å². The van der Waals surface area contributed by atoms with Crippen LogP contribution in [0.4, 0.5) is 0 Å². The van der Waals surface area contributed by atoms with Gasteiger partial charge in [0.05, 0.1) is 12.6 Å². The highest BCUT2D eigenvalue weighted by atomic mass is 16.5. The molecule has 1 fully saturated rings. The maximum absolute atomic E-state index is 13.1. The van der Waals surface area contributed by atoms with Crippen molar-refractivity contribution in [1.82, 2.24) is 9.80 Å². The van der Waals surface area contributed by atoms with Gasteiger partial charge in [-0.05, 0) is 29.3 Å². The fourth-order valence-electron chi connectivity index (χ4n) is 4.21. The van der Waals surface area contributed by atoms with Crippen molar-refractivity contribution < 1.29 is 14.3 Å². The number of hydrogen-bond donors (Lipinski definition) is 0. The number of ether oxygens (including phenoxy) is 2. The van der Waals surface area contributed by atoms with E-state index >= 15 is 0 Å². The molecule has 1 aliphatic heterocycles. The summed E-state index contributed by atoms with van der Waals surface area (Å²) in [5.74, 6) is 0.748. The maximum atomic E-state index is 13.1. The van der Waals surface area contributed by atoms with E-state index in [1.54, 1.807) is 7.11 Å². The molecular formula is C27H30N2O3. The second-order valence-corrected chi connectivity index (χ2v) is 7.92. The summed E-state index contributed by atoms with van der Waals surface area (Å²) in [6.07, 6.45) is 0. The Morgan fingerprint density at radius 2 is 1.44 bits per heavy atom. The summed E-state index contributed by atoms with van der Waals surface area (Å²) in [5.41, 5.74) is 3.22. The van der Waals surface area contributed by atoms with Gasteiger partial charge in [0, 0.05) is 38.9 Å². The number of methoxy groups -OCH3 is 1. The van der Waals surface area contributed by atoms with Crippen molar-refractivity contribution in [3.63, 3.8) is 0 Å². The first-order valence-electron chi connectivity index (χ1n) is 11.1. The van der Waals surface area contributed by atoms with Crippen molar-refractivity contribution in [2.45, 2.75) is 6.04 Å². The lowest BCUT2D eigenvalue weighted by atomic mass is 9.96. The van der Waals surface area contributed by atoms with Gasteiger partial charge < -0.3 is 14.4 Å². The van der Waals surface area contributed by atoms with Gasteiger partial charge in [0.25, 0.3) is 5.91 Å². The number of piperazine rings is 1. The average molecular weight is 431 g/mol. The molecule has 0 saturated carbocycles. The fourth-order valence-corrected chi connectivity index (χ4v) is 4.21. The van der Waals surface area contributed by atoms with Crippen LogP contribution in [0, 0.1) is 0 Å². The molecule has 5 nitrogen and oxygen atoms in total. The predicted molar refractivity (Wildman–Crippen MR) is 126 cm³/mol. The molecule has 1 aliphatic rings. The van der Waals surface area contributed by atoms with Gasteiger partial charge in [-0.1, -0.05) is 66.7 Å². The third kappa shape index (κ3) is 5.36. The van der Waals surface area contributed by atoms with Crippen LogP contribution >= 0.6 is 0 Å². The molecule has 166 valence electrons. The van der Waals surface area contributed by atoms with Crippen molar-refractivity contribution >= 4 is 5.91 Å². The predicted octanol–water partition coefficient (Wildman–Crippen LogP) is 4.26. The lowest BCUT2D eigenvalue weighted by Crippen LogP contribution is -2.49. The lowest BCUT2D eigenvalue weighted by Gasteiger charge is -2.39. The van der Waals surface area contributed by atoms with Crippen LogP contribution in [0.3, 0.4) is 0 Å². The number of carbonyl (C=O) groups is 1. The quantitative estimate of drug-likeness (QED) is 0.501. The molecular weight excluding hydrogens is 400 g/mol. The molecule has 3 aromatic carbocycles. The van der Waals surface area contributed by atoms with Gasteiger partial charge in [-0.3, -0.25) is 9.69 Å². The van der Waals surface area contributed by atoms with Crippen LogP contribution in [0.1, 0.15) is 27.5 Å². The normalized spacial score (nSPS) is 14.5. The number of amides is 1. The molecule has 0 radical (unpaired) electrons. The average Bonchev–Trinajstić information content (AvgIpc) is 2.86. The van der Waals surface area contributed by atoms with E-state index in [0.717, 1.165) is 13.1 Å². The van der Waals surface area contributed by atoms with E-state index in [1.165, 1.54) is 11.1 Å². The van der Waals surface area contributed by atoms with Crippen LogP contribution in [0.25, 0.3) is 0 Å². The molecule has 4 rings (SSSR count). The minimum absolute atomic E-state index is 0.0535. The molecule has 0 unspecified atom stereocenters.